The number of carbonyl (C=O) groups is 1. The predicted molar refractivity (Wildman–Crippen MR) is 125 cm³/mol. The molecule has 1 saturated carbocycles. The molecule has 0 bridgehead atoms. The topological polar surface area (TPSA) is 77.1 Å². The Morgan fingerprint density at radius 2 is 1.81 bits per heavy atom. The Morgan fingerprint density at radius 3 is 2.59 bits per heavy atom. The number of carbonyl (C=O) groups excluding carboxylic acids is 1. The Kier molecular flexibility index (Phi) is 5.35. The molecule has 1 N–H and O–H groups in total. The summed E-state index contributed by atoms with van der Waals surface area (Å²) in [6, 6.07) is 16.7. The molecule has 1 amide bonds. The average molecular weight is 428 g/mol. The van der Waals surface area contributed by atoms with E-state index < -0.39 is 0 Å². The van der Waals surface area contributed by atoms with Crippen molar-refractivity contribution in [3.63, 3.8) is 0 Å². The maximum Gasteiger partial charge on any atom is 0.260 e. The molecule has 4 aromatic rings. The third-order valence-corrected chi connectivity index (χ3v) is 6.26. The first kappa shape index (κ1) is 20.2. The van der Waals surface area contributed by atoms with Gasteiger partial charge in [-0.15, -0.1) is 0 Å². The number of fused-ring (bicyclic) bond motifs is 1. The minimum atomic E-state index is -0.320. The maximum atomic E-state index is 13.3. The lowest BCUT2D eigenvalue weighted by atomic mass is 9.96. The van der Waals surface area contributed by atoms with Gasteiger partial charge in [0.25, 0.3) is 5.91 Å². The molecule has 0 saturated heterocycles. The van der Waals surface area contributed by atoms with Crippen LogP contribution in [0.1, 0.15) is 54.1 Å². The monoisotopic (exact) mass is 427 g/mol. The minimum Gasteiger partial charge on any atom is -0.455 e. The van der Waals surface area contributed by atoms with Crippen LogP contribution in [0.5, 0.6) is 0 Å². The summed E-state index contributed by atoms with van der Waals surface area (Å²) in [6.07, 6.45) is 7.44. The summed E-state index contributed by atoms with van der Waals surface area (Å²) in [5.41, 5.74) is 1.81. The molecule has 0 unspecified atom stereocenters. The lowest BCUT2D eigenvalue weighted by Crippen LogP contribution is -2.20. The minimum absolute atomic E-state index is 0.132. The molecule has 6 nitrogen and oxygen atoms in total. The summed E-state index contributed by atoms with van der Waals surface area (Å²) >= 11 is 0. The zero-order chi connectivity index (χ0) is 22.1. The normalized spacial score (nSPS) is 14.5. The van der Waals surface area contributed by atoms with Gasteiger partial charge in [0.05, 0.1) is 23.2 Å². The van der Waals surface area contributed by atoms with Gasteiger partial charge in [-0.3, -0.25) is 9.59 Å². The molecule has 5 rings (SSSR count). The molecule has 1 aliphatic carbocycles. The molecule has 0 atom stereocenters. The van der Waals surface area contributed by atoms with Crippen molar-refractivity contribution in [2.75, 3.05) is 5.32 Å². The summed E-state index contributed by atoms with van der Waals surface area (Å²) in [6.45, 7) is 1.75. The number of hydrogen-bond acceptors (Lipinski definition) is 4. The number of anilines is 1. The molecule has 1 fully saturated rings. The van der Waals surface area contributed by atoms with Gasteiger partial charge in [-0.05, 0) is 31.9 Å². The molecular weight excluding hydrogens is 402 g/mol. The van der Waals surface area contributed by atoms with Gasteiger partial charge in [-0.1, -0.05) is 55.7 Å². The van der Waals surface area contributed by atoms with Crippen LogP contribution in [0.2, 0.25) is 0 Å². The SMILES string of the molecule is Cc1c(-c2ccccc2)oc2c(C(=O)Nc3ccnn3C3CCCCC3)cccc2c1=O. The van der Waals surface area contributed by atoms with E-state index in [2.05, 4.69) is 10.4 Å². The third-order valence-electron chi connectivity index (χ3n) is 6.26. The van der Waals surface area contributed by atoms with Gasteiger partial charge in [-0.25, -0.2) is 4.68 Å². The first-order valence-corrected chi connectivity index (χ1v) is 11.1. The van der Waals surface area contributed by atoms with Gasteiger partial charge in [0.2, 0.25) is 0 Å². The fraction of sp³-hybridized carbons (Fsp3) is 0.269. The summed E-state index contributed by atoms with van der Waals surface area (Å²) < 4.78 is 8.11. The summed E-state index contributed by atoms with van der Waals surface area (Å²) in [4.78, 5) is 26.4. The van der Waals surface area contributed by atoms with E-state index in [1.54, 1.807) is 31.3 Å². The van der Waals surface area contributed by atoms with Crippen LogP contribution in [0.3, 0.4) is 0 Å². The number of nitrogens with one attached hydrogen (secondary N) is 1. The quantitative estimate of drug-likeness (QED) is 0.452. The largest absolute Gasteiger partial charge is 0.455 e. The number of rotatable bonds is 4. The second-order valence-electron chi connectivity index (χ2n) is 8.34. The summed E-state index contributed by atoms with van der Waals surface area (Å²) in [7, 11) is 0. The maximum absolute atomic E-state index is 13.3. The second kappa shape index (κ2) is 8.46. The van der Waals surface area contributed by atoms with Gasteiger partial charge in [0.15, 0.2) is 11.0 Å². The molecule has 162 valence electrons. The molecule has 1 aliphatic rings. The van der Waals surface area contributed by atoms with E-state index in [4.69, 9.17) is 4.42 Å². The first-order valence-electron chi connectivity index (χ1n) is 11.1. The van der Waals surface area contributed by atoms with Crippen molar-refractivity contribution in [3.05, 3.63) is 82.1 Å². The lowest BCUT2D eigenvalue weighted by Gasteiger charge is -2.24. The van der Waals surface area contributed by atoms with Crippen molar-refractivity contribution in [2.24, 2.45) is 0 Å². The summed E-state index contributed by atoms with van der Waals surface area (Å²) in [5.74, 6) is 0.825. The molecular formula is C26H25N3O3. The Balaban J connectivity index is 1.55. The lowest BCUT2D eigenvalue weighted by molar-refractivity contribution is 0.102. The fourth-order valence-electron chi connectivity index (χ4n) is 4.57. The van der Waals surface area contributed by atoms with E-state index in [1.807, 2.05) is 41.1 Å². The van der Waals surface area contributed by atoms with Crippen LogP contribution in [0, 0.1) is 6.92 Å². The van der Waals surface area contributed by atoms with E-state index in [9.17, 15) is 9.59 Å². The van der Waals surface area contributed by atoms with E-state index in [1.165, 1.54) is 19.3 Å². The molecule has 2 aromatic heterocycles. The van der Waals surface area contributed by atoms with Crippen LogP contribution in [-0.2, 0) is 0 Å². The molecule has 32 heavy (non-hydrogen) atoms. The van der Waals surface area contributed by atoms with Crippen molar-refractivity contribution < 1.29 is 9.21 Å². The van der Waals surface area contributed by atoms with Crippen molar-refractivity contribution in [1.82, 2.24) is 9.78 Å². The number of nitrogens with zero attached hydrogens (tertiary/aromatic N) is 2. The Bertz CT molecular complexity index is 1330. The van der Waals surface area contributed by atoms with Gasteiger partial charge >= 0.3 is 0 Å². The zero-order valence-electron chi connectivity index (χ0n) is 18.0. The Morgan fingerprint density at radius 1 is 1.03 bits per heavy atom. The van der Waals surface area contributed by atoms with Gasteiger partial charge in [0.1, 0.15) is 11.6 Å². The smallest absolute Gasteiger partial charge is 0.260 e. The van der Waals surface area contributed by atoms with E-state index in [0.717, 1.165) is 18.4 Å². The predicted octanol–water partition coefficient (Wildman–Crippen LogP) is 5.72. The van der Waals surface area contributed by atoms with Crippen LogP contribution in [-0.4, -0.2) is 15.7 Å². The standard InChI is InChI=1S/C26H25N3O3/c1-17-23(30)20-13-8-14-21(25(20)32-24(17)18-9-4-2-5-10-18)26(31)28-22-15-16-27-29(22)19-11-6-3-7-12-19/h2,4-5,8-10,13-16,19H,3,6-7,11-12H2,1H3,(H,28,31). The number of benzene rings is 2. The zero-order valence-corrected chi connectivity index (χ0v) is 18.0. The molecule has 6 heteroatoms. The van der Waals surface area contributed by atoms with Crippen molar-refractivity contribution in [2.45, 2.75) is 45.1 Å². The van der Waals surface area contributed by atoms with Gasteiger partial charge < -0.3 is 9.73 Å². The van der Waals surface area contributed by atoms with E-state index in [0.29, 0.717) is 39.7 Å². The fourth-order valence-corrected chi connectivity index (χ4v) is 4.57. The van der Waals surface area contributed by atoms with Crippen LogP contribution >= 0.6 is 0 Å². The number of hydrogen-bond donors (Lipinski definition) is 1. The second-order valence-corrected chi connectivity index (χ2v) is 8.34. The molecule has 0 spiro atoms. The Labute approximate surface area is 185 Å². The highest BCUT2D eigenvalue weighted by atomic mass is 16.3. The van der Waals surface area contributed by atoms with Gasteiger partial charge in [-0.2, -0.15) is 5.10 Å². The van der Waals surface area contributed by atoms with Crippen molar-refractivity contribution in [3.8, 4) is 11.3 Å². The molecule has 2 aromatic carbocycles. The third kappa shape index (κ3) is 3.62. The van der Waals surface area contributed by atoms with Crippen LogP contribution < -0.4 is 10.7 Å². The van der Waals surface area contributed by atoms with Crippen LogP contribution in [0.25, 0.3) is 22.3 Å². The van der Waals surface area contributed by atoms with E-state index >= 15 is 0 Å². The van der Waals surface area contributed by atoms with Crippen LogP contribution in [0.4, 0.5) is 5.82 Å². The van der Waals surface area contributed by atoms with Crippen LogP contribution in [0.15, 0.2) is 70.0 Å². The molecule has 0 radical (unpaired) electrons. The highest BCUT2D eigenvalue weighted by Gasteiger charge is 2.22. The highest BCUT2D eigenvalue weighted by Crippen LogP contribution is 2.31. The molecule has 2 heterocycles. The number of aromatic nitrogens is 2. The number of para-hydroxylation sites is 1. The van der Waals surface area contributed by atoms with Crippen molar-refractivity contribution in [1.29, 1.82) is 0 Å². The highest BCUT2D eigenvalue weighted by molar-refractivity contribution is 6.11. The van der Waals surface area contributed by atoms with Gasteiger partial charge in [0, 0.05) is 17.2 Å². The first-order chi connectivity index (χ1) is 15.6. The number of amides is 1. The Hall–Kier alpha value is -3.67. The van der Waals surface area contributed by atoms with E-state index in [-0.39, 0.29) is 11.3 Å². The molecule has 0 aliphatic heterocycles. The average Bonchev–Trinajstić information content (AvgIpc) is 3.30. The van der Waals surface area contributed by atoms with Crippen molar-refractivity contribution >= 4 is 22.7 Å². The summed E-state index contributed by atoms with van der Waals surface area (Å²) in [5, 5.41) is 7.84.